The van der Waals surface area contributed by atoms with Crippen molar-refractivity contribution < 1.29 is 24.1 Å². The Morgan fingerprint density at radius 3 is 2.56 bits per heavy atom. The first-order valence-corrected chi connectivity index (χ1v) is 11.7. The molecule has 8 heteroatoms. The Morgan fingerprint density at radius 1 is 1.12 bits per heavy atom. The van der Waals surface area contributed by atoms with Crippen molar-refractivity contribution in [3.8, 4) is 17.2 Å². The predicted molar refractivity (Wildman–Crippen MR) is 124 cm³/mol. The van der Waals surface area contributed by atoms with Gasteiger partial charge >= 0.3 is 0 Å². The second-order valence-electron chi connectivity index (χ2n) is 8.00. The fourth-order valence-electron chi connectivity index (χ4n) is 4.30. The largest absolute Gasteiger partial charge is 0.504 e. The van der Waals surface area contributed by atoms with Crippen molar-refractivity contribution in [1.82, 2.24) is 9.80 Å². The van der Waals surface area contributed by atoms with Crippen LogP contribution < -0.4 is 9.47 Å². The van der Waals surface area contributed by atoms with Gasteiger partial charge in [0.2, 0.25) is 5.91 Å². The van der Waals surface area contributed by atoms with Gasteiger partial charge in [-0.15, -0.1) is 11.8 Å². The number of ether oxygens (including phenoxy) is 3. The number of hydrogen-bond donors (Lipinski definition) is 1. The van der Waals surface area contributed by atoms with E-state index in [1.54, 1.807) is 32.0 Å². The van der Waals surface area contributed by atoms with Crippen molar-refractivity contribution in [2.75, 3.05) is 47.1 Å². The molecule has 32 heavy (non-hydrogen) atoms. The number of phenolic OH excluding ortho intramolecular Hbond substituents is 1. The number of carbonyl (C=O) groups excluding carboxylic acids is 1. The summed E-state index contributed by atoms with van der Waals surface area (Å²) in [6.45, 7) is 3.67. The van der Waals surface area contributed by atoms with Gasteiger partial charge in [-0.25, -0.2) is 0 Å². The van der Waals surface area contributed by atoms with Gasteiger partial charge in [0.15, 0.2) is 11.5 Å². The molecule has 172 valence electrons. The van der Waals surface area contributed by atoms with E-state index in [0.717, 1.165) is 29.2 Å². The van der Waals surface area contributed by atoms with E-state index in [1.165, 1.54) is 0 Å². The molecular weight excluding hydrogens is 428 g/mol. The third-order valence-corrected chi connectivity index (χ3v) is 7.23. The summed E-state index contributed by atoms with van der Waals surface area (Å²) in [5.41, 5.74) is 0.763. The Morgan fingerprint density at radius 2 is 1.88 bits per heavy atom. The van der Waals surface area contributed by atoms with Crippen LogP contribution >= 0.6 is 11.8 Å². The zero-order valence-corrected chi connectivity index (χ0v) is 19.3. The van der Waals surface area contributed by atoms with Gasteiger partial charge in [-0.2, -0.15) is 0 Å². The number of phenols is 1. The molecule has 2 heterocycles. The number of hydrogen-bond acceptors (Lipinski definition) is 7. The molecule has 1 amide bonds. The lowest BCUT2D eigenvalue weighted by Gasteiger charge is -2.32. The van der Waals surface area contributed by atoms with Crippen molar-refractivity contribution in [2.24, 2.45) is 0 Å². The van der Waals surface area contributed by atoms with E-state index in [-0.39, 0.29) is 22.9 Å². The van der Waals surface area contributed by atoms with E-state index < -0.39 is 0 Å². The van der Waals surface area contributed by atoms with E-state index in [0.29, 0.717) is 38.6 Å². The highest BCUT2D eigenvalue weighted by Gasteiger charge is 2.39. The molecule has 2 aliphatic heterocycles. The average Bonchev–Trinajstić information content (AvgIpc) is 3.23. The number of aromatic hydroxyl groups is 1. The van der Waals surface area contributed by atoms with Crippen LogP contribution in [0.1, 0.15) is 12.0 Å². The number of carbonyl (C=O) groups is 1. The Bertz CT molecular complexity index is 917. The lowest BCUT2D eigenvalue weighted by molar-refractivity contribution is -0.140. The minimum atomic E-state index is -0.227. The van der Waals surface area contributed by atoms with Crippen LogP contribution in [-0.4, -0.2) is 79.2 Å². The second-order valence-corrected chi connectivity index (χ2v) is 9.38. The number of rotatable bonds is 7. The monoisotopic (exact) mass is 458 g/mol. The van der Waals surface area contributed by atoms with Crippen molar-refractivity contribution in [2.45, 2.75) is 29.2 Å². The molecule has 2 atom stereocenters. The minimum absolute atomic E-state index is 0.138. The summed E-state index contributed by atoms with van der Waals surface area (Å²) in [6.07, 6.45) is 0.762. The van der Waals surface area contributed by atoms with Gasteiger partial charge in [0.05, 0.1) is 33.5 Å². The Labute approximate surface area is 193 Å². The molecule has 2 fully saturated rings. The van der Waals surface area contributed by atoms with Crippen LogP contribution in [0.25, 0.3) is 0 Å². The summed E-state index contributed by atoms with van der Waals surface area (Å²) in [4.78, 5) is 18.7. The molecule has 0 aromatic heterocycles. The van der Waals surface area contributed by atoms with E-state index in [4.69, 9.17) is 14.2 Å². The standard InChI is InChI=1S/C24H30N2O5S/c1-29-18-6-8-19(9-7-18)32-20-14-21(24(28)25-10-12-31-13-11-25)26(16-20)15-17-4-3-5-22(30-2)23(17)27/h3-9,20-21,27H,10-16H2,1-2H3/t20-,21+/m1/s1. The fourth-order valence-corrected chi connectivity index (χ4v) is 5.52. The maximum atomic E-state index is 13.4. The van der Waals surface area contributed by atoms with Crippen LogP contribution in [-0.2, 0) is 16.1 Å². The normalized spacial score (nSPS) is 21.5. The third-order valence-electron chi connectivity index (χ3n) is 6.01. The maximum absolute atomic E-state index is 13.4. The van der Waals surface area contributed by atoms with Gasteiger partial charge in [-0.1, -0.05) is 12.1 Å². The summed E-state index contributed by atoms with van der Waals surface area (Å²) >= 11 is 1.78. The number of morpholine rings is 1. The molecular formula is C24H30N2O5S. The van der Waals surface area contributed by atoms with E-state index in [1.807, 2.05) is 29.2 Å². The van der Waals surface area contributed by atoms with Crippen LogP contribution in [0.2, 0.25) is 0 Å². The number of likely N-dealkylation sites (tertiary alicyclic amines) is 1. The molecule has 0 unspecified atom stereocenters. The third kappa shape index (κ3) is 5.14. The molecule has 2 saturated heterocycles. The molecule has 1 N–H and O–H groups in total. The Kier molecular flexibility index (Phi) is 7.44. The maximum Gasteiger partial charge on any atom is 0.240 e. The van der Waals surface area contributed by atoms with E-state index in [2.05, 4.69) is 17.0 Å². The summed E-state index contributed by atoms with van der Waals surface area (Å²) in [5, 5.41) is 10.9. The zero-order chi connectivity index (χ0) is 22.5. The van der Waals surface area contributed by atoms with E-state index >= 15 is 0 Å². The highest BCUT2D eigenvalue weighted by atomic mass is 32.2. The molecule has 0 spiro atoms. The first-order valence-electron chi connectivity index (χ1n) is 10.8. The zero-order valence-electron chi connectivity index (χ0n) is 18.5. The number of methoxy groups -OCH3 is 2. The minimum Gasteiger partial charge on any atom is -0.504 e. The number of nitrogens with zero attached hydrogens (tertiary/aromatic N) is 2. The average molecular weight is 459 g/mol. The van der Waals surface area contributed by atoms with Crippen LogP contribution in [0.3, 0.4) is 0 Å². The molecule has 0 aliphatic carbocycles. The summed E-state index contributed by atoms with van der Waals surface area (Å²) in [5.74, 6) is 1.56. The summed E-state index contributed by atoms with van der Waals surface area (Å²) in [6, 6.07) is 13.3. The highest BCUT2D eigenvalue weighted by molar-refractivity contribution is 8.00. The number of para-hydroxylation sites is 1. The first-order chi connectivity index (χ1) is 15.6. The van der Waals surface area contributed by atoms with Crippen molar-refractivity contribution in [3.63, 3.8) is 0 Å². The lowest BCUT2D eigenvalue weighted by Crippen LogP contribution is -2.49. The smallest absolute Gasteiger partial charge is 0.240 e. The van der Waals surface area contributed by atoms with Gasteiger partial charge in [-0.05, 0) is 36.8 Å². The van der Waals surface area contributed by atoms with Crippen molar-refractivity contribution >= 4 is 17.7 Å². The first kappa shape index (κ1) is 22.8. The molecule has 2 aromatic carbocycles. The van der Waals surface area contributed by atoms with Gasteiger partial charge in [-0.3, -0.25) is 9.69 Å². The summed E-state index contributed by atoms with van der Waals surface area (Å²) in [7, 11) is 3.20. The van der Waals surface area contributed by atoms with Gasteiger partial charge < -0.3 is 24.2 Å². The predicted octanol–water partition coefficient (Wildman–Crippen LogP) is 3.00. The SMILES string of the molecule is COc1ccc(S[C@@H]2C[C@@H](C(=O)N3CCOCC3)N(Cc3cccc(OC)c3O)C2)cc1. The Hall–Kier alpha value is -2.42. The fraction of sp³-hybridized carbons (Fsp3) is 0.458. The molecule has 7 nitrogen and oxygen atoms in total. The quantitative estimate of drug-likeness (QED) is 0.684. The lowest BCUT2D eigenvalue weighted by atomic mass is 10.1. The molecule has 4 rings (SSSR count). The molecule has 2 aliphatic rings. The number of thioether (sulfide) groups is 1. The number of benzene rings is 2. The second kappa shape index (κ2) is 10.5. The molecule has 0 bridgehead atoms. The van der Waals surface area contributed by atoms with Crippen LogP contribution in [0.15, 0.2) is 47.4 Å². The topological polar surface area (TPSA) is 71.5 Å². The van der Waals surface area contributed by atoms with E-state index in [9.17, 15) is 9.90 Å². The van der Waals surface area contributed by atoms with Gasteiger partial charge in [0, 0.05) is 41.9 Å². The molecule has 0 saturated carbocycles. The van der Waals surface area contributed by atoms with Crippen molar-refractivity contribution in [3.05, 3.63) is 48.0 Å². The molecule has 2 aromatic rings. The Balaban J connectivity index is 1.52. The summed E-state index contributed by atoms with van der Waals surface area (Å²) < 4.78 is 15.9. The van der Waals surface area contributed by atoms with Gasteiger partial charge in [0.25, 0.3) is 0 Å². The molecule has 0 radical (unpaired) electrons. The number of amides is 1. The van der Waals surface area contributed by atoms with Crippen molar-refractivity contribution in [1.29, 1.82) is 0 Å². The van der Waals surface area contributed by atoms with Gasteiger partial charge in [0.1, 0.15) is 5.75 Å². The highest BCUT2D eigenvalue weighted by Crippen LogP contribution is 2.37. The van der Waals surface area contributed by atoms with Crippen LogP contribution in [0, 0.1) is 0 Å². The van der Waals surface area contributed by atoms with Crippen LogP contribution in [0.5, 0.6) is 17.2 Å². The van der Waals surface area contributed by atoms with Crippen LogP contribution in [0.4, 0.5) is 0 Å².